The summed E-state index contributed by atoms with van der Waals surface area (Å²) in [5.41, 5.74) is 1.29. The van der Waals surface area contributed by atoms with E-state index in [1.165, 1.54) is 5.56 Å². The number of imidazole rings is 1. The zero-order chi connectivity index (χ0) is 17.1. The molecule has 0 bridgehead atoms. The van der Waals surface area contributed by atoms with Gasteiger partial charge in [0.25, 0.3) is 0 Å². The van der Waals surface area contributed by atoms with E-state index in [2.05, 4.69) is 43.6 Å². The van der Waals surface area contributed by atoms with Crippen molar-refractivity contribution in [2.24, 2.45) is 0 Å². The SMILES string of the molecule is O=C(C1CCCN1Cc1ccccc1)N1CCC(n2ccnc2)CC1. The zero-order valence-electron chi connectivity index (χ0n) is 14.6. The first-order chi connectivity index (χ1) is 12.3. The standard InChI is InChI=1S/C20H26N4O/c25-20(22-12-8-18(9-13-22)24-14-10-21-16-24)19-7-4-11-23(19)15-17-5-2-1-3-6-17/h1-3,5-6,10,14,16,18-19H,4,7-9,11-13,15H2. The van der Waals surface area contributed by atoms with Crippen LogP contribution in [-0.2, 0) is 11.3 Å². The van der Waals surface area contributed by atoms with Crippen molar-refractivity contribution >= 4 is 5.91 Å². The van der Waals surface area contributed by atoms with Gasteiger partial charge in [0.2, 0.25) is 5.91 Å². The van der Waals surface area contributed by atoms with Crippen LogP contribution in [-0.4, -0.2) is 50.9 Å². The van der Waals surface area contributed by atoms with Gasteiger partial charge in [-0.15, -0.1) is 0 Å². The number of carbonyl (C=O) groups excluding carboxylic acids is 1. The molecule has 1 aromatic carbocycles. The average molecular weight is 338 g/mol. The van der Waals surface area contributed by atoms with Gasteiger partial charge < -0.3 is 9.47 Å². The fourth-order valence-corrected chi connectivity index (χ4v) is 4.19. The number of aromatic nitrogens is 2. The summed E-state index contributed by atoms with van der Waals surface area (Å²) in [5.74, 6) is 0.331. The van der Waals surface area contributed by atoms with E-state index in [0.29, 0.717) is 11.9 Å². The molecule has 3 heterocycles. The lowest BCUT2D eigenvalue weighted by molar-refractivity contribution is -0.137. The van der Waals surface area contributed by atoms with Crippen LogP contribution in [0.1, 0.15) is 37.3 Å². The van der Waals surface area contributed by atoms with Crippen LogP contribution in [0.4, 0.5) is 0 Å². The monoisotopic (exact) mass is 338 g/mol. The molecule has 1 aromatic heterocycles. The molecule has 1 unspecified atom stereocenters. The highest BCUT2D eigenvalue weighted by Gasteiger charge is 2.35. The Hall–Kier alpha value is -2.14. The Morgan fingerprint density at radius 3 is 2.60 bits per heavy atom. The lowest BCUT2D eigenvalue weighted by Gasteiger charge is -2.36. The van der Waals surface area contributed by atoms with Gasteiger partial charge in [0.15, 0.2) is 0 Å². The lowest BCUT2D eigenvalue weighted by Crippen LogP contribution is -2.48. The number of amides is 1. The Morgan fingerprint density at radius 2 is 1.88 bits per heavy atom. The van der Waals surface area contributed by atoms with E-state index >= 15 is 0 Å². The summed E-state index contributed by atoms with van der Waals surface area (Å²) in [6.07, 6.45) is 9.90. The van der Waals surface area contributed by atoms with Gasteiger partial charge in [0.1, 0.15) is 0 Å². The number of likely N-dealkylation sites (tertiary alicyclic amines) is 2. The van der Waals surface area contributed by atoms with E-state index in [-0.39, 0.29) is 6.04 Å². The summed E-state index contributed by atoms with van der Waals surface area (Å²) < 4.78 is 2.18. The van der Waals surface area contributed by atoms with E-state index in [1.54, 1.807) is 0 Å². The van der Waals surface area contributed by atoms with Gasteiger partial charge in [-0.2, -0.15) is 0 Å². The van der Waals surface area contributed by atoms with Gasteiger partial charge in [-0.1, -0.05) is 30.3 Å². The Labute approximate surface area is 149 Å². The third-order valence-electron chi connectivity index (χ3n) is 5.60. The first-order valence-corrected chi connectivity index (χ1v) is 9.35. The molecule has 2 fully saturated rings. The van der Waals surface area contributed by atoms with Gasteiger partial charge in [0.05, 0.1) is 12.4 Å². The van der Waals surface area contributed by atoms with E-state index in [9.17, 15) is 4.79 Å². The molecule has 2 aromatic rings. The molecule has 0 N–H and O–H groups in total. The third-order valence-corrected chi connectivity index (χ3v) is 5.60. The molecule has 0 radical (unpaired) electrons. The van der Waals surface area contributed by atoms with Crippen molar-refractivity contribution in [3.05, 3.63) is 54.6 Å². The first-order valence-electron chi connectivity index (χ1n) is 9.35. The van der Waals surface area contributed by atoms with Crippen molar-refractivity contribution < 1.29 is 4.79 Å². The van der Waals surface area contributed by atoms with Gasteiger partial charge in [0, 0.05) is 38.1 Å². The molecule has 1 amide bonds. The number of piperidine rings is 1. The van der Waals surface area contributed by atoms with Crippen molar-refractivity contribution in [1.29, 1.82) is 0 Å². The van der Waals surface area contributed by atoms with E-state index in [4.69, 9.17) is 0 Å². The second-order valence-electron chi connectivity index (χ2n) is 7.18. The average Bonchev–Trinajstić information content (AvgIpc) is 3.34. The van der Waals surface area contributed by atoms with Crippen LogP contribution in [0.5, 0.6) is 0 Å². The number of nitrogens with zero attached hydrogens (tertiary/aromatic N) is 4. The van der Waals surface area contributed by atoms with Crippen molar-refractivity contribution in [1.82, 2.24) is 19.4 Å². The van der Waals surface area contributed by atoms with Crippen LogP contribution >= 0.6 is 0 Å². The number of hydrogen-bond donors (Lipinski definition) is 0. The van der Waals surface area contributed by atoms with Crippen molar-refractivity contribution in [2.45, 2.75) is 44.3 Å². The molecular weight excluding hydrogens is 312 g/mol. The molecule has 2 saturated heterocycles. The van der Waals surface area contributed by atoms with Crippen molar-refractivity contribution in [3.63, 3.8) is 0 Å². The van der Waals surface area contributed by atoms with Crippen LogP contribution in [0.25, 0.3) is 0 Å². The molecule has 132 valence electrons. The maximum atomic E-state index is 13.1. The molecule has 0 spiro atoms. The smallest absolute Gasteiger partial charge is 0.239 e. The highest BCUT2D eigenvalue weighted by molar-refractivity contribution is 5.82. The van der Waals surface area contributed by atoms with Crippen LogP contribution < -0.4 is 0 Å². The molecule has 0 saturated carbocycles. The molecule has 25 heavy (non-hydrogen) atoms. The second kappa shape index (κ2) is 7.40. The molecule has 2 aliphatic heterocycles. The number of hydrogen-bond acceptors (Lipinski definition) is 3. The molecule has 5 nitrogen and oxygen atoms in total. The highest BCUT2D eigenvalue weighted by atomic mass is 16.2. The molecular formula is C20H26N4O. The maximum absolute atomic E-state index is 13.1. The summed E-state index contributed by atoms with van der Waals surface area (Å²) in [6, 6.07) is 11.0. The first kappa shape index (κ1) is 16.3. The summed E-state index contributed by atoms with van der Waals surface area (Å²) in [4.78, 5) is 21.6. The summed E-state index contributed by atoms with van der Waals surface area (Å²) in [7, 11) is 0. The van der Waals surface area contributed by atoms with Gasteiger partial charge in [-0.05, 0) is 37.8 Å². The zero-order valence-corrected chi connectivity index (χ0v) is 14.6. The van der Waals surface area contributed by atoms with E-state index in [0.717, 1.165) is 51.9 Å². The van der Waals surface area contributed by atoms with E-state index in [1.807, 2.05) is 24.8 Å². The predicted molar refractivity (Wildman–Crippen MR) is 97.0 cm³/mol. The van der Waals surface area contributed by atoms with Crippen molar-refractivity contribution in [3.8, 4) is 0 Å². The molecule has 2 aliphatic rings. The minimum Gasteiger partial charge on any atom is -0.341 e. The third kappa shape index (κ3) is 3.61. The van der Waals surface area contributed by atoms with Crippen LogP contribution in [0.2, 0.25) is 0 Å². The summed E-state index contributed by atoms with van der Waals surface area (Å²) >= 11 is 0. The second-order valence-corrected chi connectivity index (χ2v) is 7.18. The Bertz CT molecular complexity index is 677. The predicted octanol–water partition coefficient (Wildman–Crippen LogP) is 2.71. The normalized spacial score (nSPS) is 22.4. The summed E-state index contributed by atoms with van der Waals surface area (Å²) in [5, 5.41) is 0. The number of benzene rings is 1. The van der Waals surface area contributed by atoms with Crippen molar-refractivity contribution in [2.75, 3.05) is 19.6 Å². The number of carbonyl (C=O) groups is 1. The minimum atomic E-state index is 0.0602. The van der Waals surface area contributed by atoms with Crippen LogP contribution in [0.3, 0.4) is 0 Å². The number of rotatable bonds is 4. The highest BCUT2D eigenvalue weighted by Crippen LogP contribution is 2.26. The fraction of sp³-hybridized carbons (Fsp3) is 0.500. The largest absolute Gasteiger partial charge is 0.341 e. The molecule has 1 atom stereocenters. The molecule has 4 rings (SSSR count). The molecule has 5 heteroatoms. The minimum absolute atomic E-state index is 0.0602. The quantitative estimate of drug-likeness (QED) is 0.861. The fourth-order valence-electron chi connectivity index (χ4n) is 4.19. The Kier molecular flexibility index (Phi) is 4.83. The molecule has 0 aliphatic carbocycles. The van der Waals surface area contributed by atoms with Gasteiger partial charge in [-0.25, -0.2) is 4.98 Å². The summed E-state index contributed by atoms with van der Waals surface area (Å²) in [6.45, 7) is 3.62. The van der Waals surface area contributed by atoms with Gasteiger partial charge >= 0.3 is 0 Å². The van der Waals surface area contributed by atoms with Crippen LogP contribution in [0.15, 0.2) is 49.1 Å². The Balaban J connectivity index is 1.35. The van der Waals surface area contributed by atoms with Crippen LogP contribution in [0, 0.1) is 0 Å². The van der Waals surface area contributed by atoms with E-state index < -0.39 is 0 Å². The Morgan fingerprint density at radius 1 is 1.08 bits per heavy atom. The lowest BCUT2D eigenvalue weighted by atomic mass is 10.0. The topological polar surface area (TPSA) is 41.4 Å². The maximum Gasteiger partial charge on any atom is 0.239 e. The van der Waals surface area contributed by atoms with Gasteiger partial charge in [-0.3, -0.25) is 9.69 Å².